The van der Waals surface area contributed by atoms with Gasteiger partial charge in [-0.05, 0) is 29.3 Å². The Morgan fingerprint density at radius 1 is 1.31 bits per heavy atom. The number of nitrogens with zero attached hydrogens (tertiary/aromatic N) is 10. The van der Waals surface area contributed by atoms with Crippen LogP contribution in [0.5, 0.6) is 0 Å². The summed E-state index contributed by atoms with van der Waals surface area (Å²) in [5.74, 6) is 1.94. The van der Waals surface area contributed by atoms with Crippen LogP contribution < -0.4 is 0 Å². The van der Waals surface area contributed by atoms with Gasteiger partial charge in [0, 0.05) is 38.4 Å². The fourth-order valence-corrected chi connectivity index (χ4v) is 3.31. The molecule has 3 aromatic heterocycles. The molecular weight excluding hydrogens is 336 g/mol. The molecule has 1 aliphatic rings. The van der Waals surface area contributed by atoms with Crippen LogP contribution in [0.15, 0.2) is 24.8 Å². The van der Waals surface area contributed by atoms with E-state index in [1.165, 1.54) is 11.0 Å². The van der Waals surface area contributed by atoms with E-state index in [0.29, 0.717) is 13.1 Å². The summed E-state index contributed by atoms with van der Waals surface area (Å²) < 4.78 is 5.27. The Morgan fingerprint density at radius 2 is 2.23 bits per heavy atom. The van der Waals surface area contributed by atoms with Gasteiger partial charge >= 0.3 is 0 Å². The van der Waals surface area contributed by atoms with E-state index in [1.807, 2.05) is 33.5 Å². The number of amides is 1. The lowest BCUT2D eigenvalue weighted by molar-refractivity contribution is -0.133. The summed E-state index contributed by atoms with van der Waals surface area (Å²) in [5.41, 5.74) is 0. The first-order valence-corrected chi connectivity index (χ1v) is 8.55. The zero-order valence-electron chi connectivity index (χ0n) is 14.5. The molecule has 0 bridgehead atoms. The van der Waals surface area contributed by atoms with Crippen LogP contribution in [0.4, 0.5) is 0 Å². The quantitative estimate of drug-likeness (QED) is 0.603. The maximum Gasteiger partial charge on any atom is 0.244 e. The number of hydrogen-bond donors (Lipinski definition) is 0. The number of rotatable bonds is 5. The average molecular weight is 356 g/mol. The molecule has 0 aliphatic carbocycles. The van der Waals surface area contributed by atoms with Crippen molar-refractivity contribution in [2.75, 3.05) is 13.1 Å². The van der Waals surface area contributed by atoms with Crippen LogP contribution in [0.3, 0.4) is 0 Å². The van der Waals surface area contributed by atoms with Crippen molar-refractivity contribution in [3.05, 3.63) is 36.4 Å². The molecule has 3 aromatic rings. The van der Waals surface area contributed by atoms with Crippen LogP contribution >= 0.6 is 0 Å². The number of hydrogen-bond acceptors (Lipinski definition) is 7. The molecule has 4 rings (SSSR count). The fourth-order valence-electron chi connectivity index (χ4n) is 3.31. The normalized spacial score (nSPS) is 17.6. The highest BCUT2D eigenvalue weighted by molar-refractivity contribution is 5.76. The molecule has 4 heterocycles. The second-order valence-electron chi connectivity index (χ2n) is 6.42. The van der Waals surface area contributed by atoms with Gasteiger partial charge in [0.1, 0.15) is 25.2 Å². The van der Waals surface area contributed by atoms with Crippen LogP contribution in [0.25, 0.3) is 0 Å². The molecular formula is C15H20N10O. The van der Waals surface area contributed by atoms with Gasteiger partial charge in [-0.1, -0.05) is 0 Å². The first-order valence-electron chi connectivity index (χ1n) is 8.55. The lowest BCUT2D eigenvalue weighted by atomic mass is 9.97. The van der Waals surface area contributed by atoms with E-state index in [9.17, 15) is 4.79 Å². The fraction of sp³-hybridized carbons (Fsp3) is 0.533. The average Bonchev–Trinajstić information content (AvgIpc) is 3.40. The standard InChI is InChI=1S/C15H20N10O/c1-22-13(9-24-7-3-5-17-24)18-19-15(22)12-4-2-6-23(8-12)14(26)10-25-11-16-20-21-25/h3,5,7,11-12H,2,4,6,8-10H2,1H3/t12-/m0/s1. The Labute approximate surface area is 149 Å². The molecule has 1 aliphatic heterocycles. The second kappa shape index (κ2) is 7.02. The largest absolute Gasteiger partial charge is 0.340 e. The van der Waals surface area contributed by atoms with Crippen molar-refractivity contribution in [2.24, 2.45) is 7.05 Å². The summed E-state index contributed by atoms with van der Waals surface area (Å²) in [7, 11) is 1.97. The van der Waals surface area contributed by atoms with Crippen molar-refractivity contribution in [2.45, 2.75) is 31.8 Å². The molecule has 1 atom stereocenters. The molecule has 0 saturated carbocycles. The van der Waals surface area contributed by atoms with Crippen molar-refractivity contribution in [1.29, 1.82) is 0 Å². The van der Waals surface area contributed by atoms with Gasteiger partial charge in [0.2, 0.25) is 5.91 Å². The zero-order chi connectivity index (χ0) is 17.9. The van der Waals surface area contributed by atoms with Crippen molar-refractivity contribution < 1.29 is 4.79 Å². The van der Waals surface area contributed by atoms with E-state index < -0.39 is 0 Å². The van der Waals surface area contributed by atoms with Crippen molar-refractivity contribution >= 4 is 5.91 Å². The third-order valence-electron chi connectivity index (χ3n) is 4.69. The third kappa shape index (κ3) is 3.32. The Hall–Kier alpha value is -3.11. The van der Waals surface area contributed by atoms with Crippen molar-refractivity contribution in [3.63, 3.8) is 0 Å². The third-order valence-corrected chi connectivity index (χ3v) is 4.69. The Balaban J connectivity index is 1.44. The van der Waals surface area contributed by atoms with E-state index >= 15 is 0 Å². The molecule has 1 fully saturated rings. The number of likely N-dealkylation sites (tertiary alicyclic amines) is 1. The lowest BCUT2D eigenvalue weighted by Crippen LogP contribution is -2.41. The van der Waals surface area contributed by atoms with Gasteiger partial charge in [0.15, 0.2) is 5.82 Å². The predicted octanol–water partition coefficient (Wildman–Crippen LogP) is -0.547. The minimum Gasteiger partial charge on any atom is -0.340 e. The molecule has 0 unspecified atom stereocenters. The summed E-state index contributed by atoms with van der Waals surface area (Å²) in [5, 5.41) is 23.8. The van der Waals surface area contributed by atoms with Gasteiger partial charge in [0.05, 0.1) is 0 Å². The number of piperidine rings is 1. The molecule has 1 amide bonds. The van der Waals surface area contributed by atoms with Crippen LogP contribution in [-0.4, -0.2) is 68.6 Å². The van der Waals surface area contributed by atoms with Gasteiger partial charge in [-0.25, -0.2) is 4.68 Å². The van der Waals surface area contributed by atoms with E-state index in [1.54, 1.807) is 6.20 Å². The summed E-state index contributed by atoms with van der Waals surface area (Å²) in [4.78, 5) is 14.4. The molecule has 11 heteroatoms. The van der Waals surface area contributed by atoms with Crippen molar-refractivity contribution in [3.8, 4) is 0 Å². The number of carbonyl (C=O) groups is 1. The Morgan fingerprint density at radius 3 is 3.00 bits per heavy atom. The molecule has 26 heavy (non-hydrogen) atoms. The van der Waals surface area contributed by atoms with Crippen molar-refractivity contribution in [1.82, 2.24) is 49.7 Å². The maximum atomic E-state index is 12.5. The van der Waals surface area contributed by atoms with Crippen LogP contribution in [0.2, 0.25) is 0 Å². The molecule has 11 nitrogen and oxygen atoms in total. The van der Waals surface area contributed by atoms with E-state index in [4.69, 9.17) is 0 Å². The van der Waals surface area contributed by atoms with E-state index in [-0.39, 0.29) is 18.4 Å². The van der Waals surface area contributed by atoms with E-state index in [2.05, 4.69) is 30.8 Å². The molecule has 136 valence electrons. The van der Waals surface area contributed by atoms with Gasteiger partial charge in [0.25, 0.3) is 0 Å². The summed E-state index contributed by atoms with van der Waals surface area (Å²) in [6, 6.07) is 1.88. The Kier molecular flexibility index (Phi) is 4.42. The van der Waals surface area contributed by atoms with Gasteiger partial charge < -0.3 is 9.47 Å². The smallest absolute Gasteiger partial charge is 0.244 e. The van der Waals surface area contributed by atoms with Crippen LogP contribution in [0, 0.1) is 0 Å². The first-order chi connectivity index (χ1) is 12.7. The molecule has 0 radical (unpaired) electrons. The highest BCUT2D eigenvalue weighted by Crippen LogP contribution is 2.26. The predicted molar refractivity (Wildman–Crippen MR) is 88.7 cm³/mol. The number of tetrazole rings is 1. The SMILES string of the molecule is Cn1c(Cn2cccn2)nnc1[C@H]1CCCN(C(=O)Cn2cnnn2)C1. The highest BCUT2D eigenvalue weighted by Gasteiger charge is 2.28. The van der Waals surface area contributed by atoms with Gasteiger partial charge in [-0.15, -0.1) is 15.3 Å². The van der Waals surface area contributed by atoms with Crippen LogP contribution in [0.1, 0.15) is 30.4 Å². The summed E-state index contributed by atoms with van der Waals surface area (Å²) in [6.07, 6.45) is 7.01. The summed E-state index contributed by atoms with van der Waals surface area (Å²) in [6.45, 7) is 2.11. The molecule has 0 N–H and O–H groups in total. The van der Waals surface area contributed by atoms with Gasteiger partial charge in [-0.2, -0.15) is 5.10 Å². The molecule has 0 aromatic carbocycles. The minimum absolute atomic E-state index is 0.0148. The zero-order valence-corrected chi connectivity index (χ0v) is 14.5. The minimum atomic E-state index is 0.0148. The lowest BCUT2D eigenvalue weighted by Gasteiger charge is -2.32. The molecule has 0 spiro atoms. The first kappa shape index (κ1) is 16.4. The number of aromatic nitrogens is 9. The maximum absolute atomic E-state index is 12.5. The van der Waals surface area contributed by atoms with Gasteiger partial charge in [-0.3, -0.25) is 9.48 Å². The topological polar surface area (TPSA) is 112 Å². The Bertz CT molecular complexity index is 853. The van der Waals surface area contributed by atoms with Crippen LogP contribution in [-0.2, 0) is 24.9 Å². The number of carbonyl (C=O) groups excluding carboxylic acids is 1. The van der Waals surface area contributed by atoms with E-state index in [0.717, 1.165) is 31.0 Å². The summed E-state index contributed by atoms with van der Waals surface area (Å²) >= 11 is 0. The highest BCUT2D eigenvalue weighted by atomic mass is 16.2. The second-order valence-corrected chi connectivity index (χ2v) is 6.42. The molecule has 1 saturated heterocycles. The monoisotopic (exact) mass is 356 g/mol.